The molecule has 0 radical (unpaired) electrons. The van der Waals surface area contributed by atoms with Crippen LogP contribution in [0.1, 0.15) is 5.56 Å². The second-order valence-electron chi connectivity index (χ2n) is 5.06. The van der Waals surface area contributed by atoms with Crippen LogP contribution in [0, 0.1) is 20.0 Å². The number of pyridine rings is 1. The second kappa shape index (κ2) is 8.00. The zero-order valence-electron chi connectivity index (χ0n) is 13.6. The number of rotatable bonds is 3. The quantitative estimate of drug-likeness (QED) is 0.534. The number of aromatic hydroxyl groups is 2. The molecule has 0 amide bonds. The van der Waals surface area contributed by atoms with Crippen LogP contribution in [-0.4, -0.2) is 24.7 Å². The average molecular weight is 344 g/mol. The van der Waals surface area contributed by atoms with Gasteiger partial charge in [-0.3, -0.25) is 9.97 Å². The minimum Gasteiger partial charge on any atom is -0.515 e. The normalized spacial score (nSPS) is 10.7. The maximum Gasteiger partial charge on any atom is 1.00 e. The van der Waals surface area contributed by atoms with Crippen molar-refractivity contribution in [1.82, 2.24) is 14.5 Å². The van der Waals surface area contributed by atoms with Gasteiger partial charge < -0.3 is 14.8 Å². The third-order valence-corrected chi connectivity index (χ3v) is 3.37. The first-order valence-corrected chi connectivity index (χ1v) is 7.01. The summed E-state index contributed by atoms with van der Waals surface area (Å²) in [6, 6.07) is 6.95. The molecule has 6 heteroatoms. The Kier molecular flexibility index (Phi) is 6.25. The summed E-state index contributed by atoms with van der Waals surface area (Å²) < 4.78 is 1.64. The van der Waals surface area contributed by atoms with Gasteiger partial charge in [-0.15, -0.1) is 0 Å². The molecule has 0 aliphatic heterocycles. The van der Waals surface area contributed by atoms with Crippen LogP contribution in [0.2, 0.25) is 0 Å². The van der Waals surface area contributed by atoms with E-state index in [-0.39, 0.29) is 62.9 Å². The molecule has 116 valence electrons. The molecule has 1 aromatic carbocycles. The van der Waals surface area contributed by atoms with Crippen molar-refractivity contribution in [3.8, 4) is 34.1 Å². The first-order chi connectivity index (χ1) is 11.1. The molecule has 0 aliphatic rings. The van der Waals surface area contributed by atoms with Gasteiger partial charge in [0, 0.05) is 11.8 Å². The summed E-state index contributed by atoms with van der Waals surface area (Å²) in [4.78, 5) is 8.37. The smallest absolute Gasteiger partial charge is 0.515 e. The van der Waals surface area contributed by atoms with E-state index in [0.717, 1.165) is 5.56 Å². The number of hydrogen-bond acceptors (Lipinski definition) is 4. The summed E-state index contributed by atoms with van der Waals surface area (Å²) in [7, 11) is 0. The van der Waals surface area contributed by atoms with Crippen LogP contribution in [0.25, 0.3) is 28.8 Å². The standard InChI is InChI=1S/C18H15N3O2.K/c1-3-8-21-11-15(13-6-7-19-10-17(13)23)20-18(21)14-9-12(2)4-5-16(14)22;/h3-10,22-23H,1H2,2H3;/q-2;+1/b8-3-;. The van der Waals surface area contributed by atoms with E-state index in [2.05, 4.69) is 23.1 Å². The SMILES string of the molecule is [CH2-]/C=C\n1[c-]c(-c2ccncc2O)nc1-c1cc(C)ccc1O.[K+]. The van der Waals surface area contributed by atoms with Gasteiger partial charge in [-0.05, 0) is 30.4 Å². The molecule has 2 aromatic heterocycles. The predicted molar refractivity (Wildman–Crippen MR) is 88.5 cm³/mol. The molecule has 0 atom stereocenters. The van der Waals surface area contributed by atoms with Crippen molar-refractivity contribution in [1.29, 1.82) is 0 Å². The number of allylic oxidation sites excluding steroid dienone is 1. The van der Waals surface area contributed by atoms with E-state index in [9.17, 15) is 10.2 Å². The van der Waals surface area contributed by atoms with Crippen LogP contribution in [0.4, 0.5) is 0 Å². The van der Waals surface area contributed by atoms with Crippen LogP contribution in [0.15, 0.2) is 42.7 Å². The Hall–Kier alpha value is -1.57. The van der Waals surface area contributed by atoms with E-state index < -0.39 is 0 Å². The Morgan fingerprint density at radius 1 is 1.17 bits per heavy atom. The van der Waals surface area contributed by atoms with Gasteiger partial charge in [0.1, 0.15) is 11.5 Å². The summed E-state index contributed by atoms with van der Waals surface area (Å²) >= 11 is 0. The molecule has 0 saturated heterocycles. The predicted octanol–water partition coefficient (Wildman–Crippen LogP) is 0.441. The first kappa shape index (κ1) is 18.8. The number of phenols is 1. The summed E-state index contributed by atoms with van der Waals surface area (Å²) in [6.07, 6.45) is 9.28. The van der Waals surface area contributed by atoms with Gasteiger partial charge in [0.2, 0.25) is 0 Å². The van der Waals surface area contributed by atoms with Crippen molar-refractivity contribution in [2.45, 2.75) is 6.92 Å². The number of hydrogen-bond donors (Lipinski definition) is 2. The van der Waals surface area contributed by atoms with Gasteiger partial charge in [0.25, 0.3) is 0 Å². The van der Waals surface area contributed by atoms with Crippen molar-refractivity contribution >= 4 is 6.20 Å². The molecule has 5 nitrogen and oxygen atoms in total. The molecule has 0 fully saturated rings. The largest absolute Gasteiger partial charge is 1.00 e. The molecule has 3 aromatic rings. The molecule has 0 aliphatic carbocycles. The Morgan fingerprint density at radius 3 is 2.67 bits per heavy atom. The number of aromatic nitrogens is 3. The van der Waals surface area contributed by atoms with Crippen LogP contribution in [0.5, 0.6) is 11.5 Å². The van der Waals surface area contributed by atoms with E-state index in [1.54, 1.807) is 35.2 Å². The van der Waals surface area contributed by atoms with Crippen molar-refractivity contribution in [3.63, 3.8) is 0 Å². The molecular formula is C18H15KN3O2-. The summed E-state index contributed by atoms with van der Waals surface area (Å²) in [5, 5.41) is 20.1. The van der Waals surface area contributed by atoms with Gasteiger partial charge in [-0.25, -0.2) is 6.92 Å². The van der Waals surface area contributed by atoms with Gasteiger partial charge in [-0.2, -0.15) is 6.08 Å². The molecule has 2 N–H and O–H groups in total. The molecular weight excluding hydrogens is 329 g/mol. The maximum absolute atomic E-state index is 10.1. The fourth-order valence-electron chi connectivity index (χ4n) is 2.29. The van der Waals surface area contributed by atoms with E-state index in [1.807, 2.05) is 19.1 Å². The number of imidazole rings is 1. The van der Waals surface area contributed by atoms with Gasteiger partial charge in [0.05, 0.1) is 12.0 Å². The van der Waals surface area contributed by atoms with Gasteiger partial charge in [0.15, 0.2) is 0 Å². The third kappa shape index (κ3) is 3.74. The van der Waals surface area contributed by atoms with Crippen LogP contribution < -0.4 is 51.4 Å². The number of aryl methyl sites for hydroxylation is 1. The van der Waals surface area contributed by atoms with E-state index in [4.69, 9.17) is 0 Å². The fraction of sp³-hybridized carbons (Fsp3) is 0.0556. The summed E-state index contributed by atoms with van der Waals surface area (Å²) in [6.45, 7) is 5.62. The van der Waals surface area contributed by atoms with E-state index in [0.29, 0.717) is 22.6 Å². The van der Waals surface area contributed by atoms with Gasteiger partial charge >= 0.3 is 51.4 Å². The van der Waals surface area contributed by atoms with Crippen LogP contribution in [0.3, 0.4) is 0 Å². The Morgan fingerprint density at radius 2 is 1.96 bits per heavy atom. The molecule has 0 bridgehead atoms. The topological polar surface area (TPSA) is 71.2 Å². The maximum atomic E-state index is 10.1. The molecule has 2 heterocycles. The van der Waals surface area contributed by atoms with Crippen molar-refractivity contribution < 1.29 is 61.6 Å². The van der Waals surface area contributed by atoms with Crippen molar-refractivity contribution in [3.05, 3.63) is 61.4 Å². The molecule has 0 spiro atoms. The number of phenolic OH excluding ortho intramolecular Hbond substituents is 1. The zero-order valence-corrected chi connectivity index (χ0v) is 16.7. The Bertz CT molecular complexity index is 888. The zero-order chi connectivity index (χ0) is 16.4. The molecule has 0 saturated carbocycles. The van der Waals surface area contributed by atoms with Crippen molar-refractivity contribution in [2.24, 2.45) is 0 Å². The van der Waals surface area contributed by atoms with Crippen LogP contribution in [-0.2, 0) is 0 Å². The van der Waals surface area contributed by atoms with Crippen LogP contribution >= 0.6 is 0 Å². The monoisotopic (exact) mass is 344 g/mol. The summed E-state index contributed by atoms with van der Waals surface area (Å²) in [5.74, 6) is 0.656. The molecule has 24 heavy (non-hydrogen) atoms. The fourth-order valence-corrected chi connectivity index (χ4v) is 2.29. The van der Waals surface area contributed by atoms with E-state index in [1.165, 1.54) is 6.20 Å². The molecule has 0 unspecified atom stereocenters. The molecule has 3 rings (SSSR count). The first-order valence-electron chi connectivity index (χ1n) is 7.01. The second-order valence-corrected chi connectivity index (χ2v) is 5.06. The van der Waals surface area contributed by atoms with Crippen molar-refractivity contribution in [2.75, 3.05) is 0 Å². The number of nitrogens with zero attached hydrogens (tertiary/aromatic N) is 3. The van der Waals surface area contributed by atoms with E-state index >= 15 is 0 Å². The Labute approximate surface area is 183 Å². The Balaban J connectivity index is 0.00000208. The van der Waals surface area contributed by atoms with Gasteiger partial charge in [-0.1, -0.05) is 30.0 Å². The summed E-state index contributed by atoms with van der Waals surface area (Å²) in [5.41, 5.74) is 2.56. The minimum atomic E-state index is 0. The number of benzene rings is 1. The minimum absolute atomic E-state index is 0. The third-order valence-electron chi connectivity index (χ3n) is 3.37. The average Bonchev–Trinajstić information content (AvgIpc) is 2.94.